The number of aromatic nitrogens is 4. The molecule has 4 aliphatic carbocycles. The summed E-state index contributed by atoms with van der Waals surface area (Å²) in [5, 5.41) is 43.1. The van der Waals surface area contributed by atoms with Crippen molar-refractivity contribution >= 4 is 30.8 Å². The lowest BCUT2D eigenvalue weighted by Crippen LogP contribution is -2.58. The zero-order chi connectivity index (χ0) is 35.7. The van der Waals surface area contributed by atoms with Gasteiger partial charge in [-0.25, -0.2) is 19.5 Å². The number of phosphoric ester groups is 1. The summed E-state index contributed by atoms with van der Waals surface area (Å²) < 4.78 is 29.8. The molecule has 7 rings (SSSR count). The van der Waals surface area contributed by atoms with Gasteiger partial charge in [0.15, 0.2) is 17.7 Å². The van der Waals surface area contributed by atoms with E-state index in [4.69, 9.17) is 19.5 Å². The zero-order valence-electron chi connectivity index (χ0n) is 29.0. The minimum atomic E-state index is -4.86. The van der Waals surface area contributed by atoms with Gasteiger partial charge in [-0.3, -0.25) is 18.8 Å². The lowest BCUT2D eigenvalue weighted by molar-refractivity contribution is -0.174. The molecule has 15 atom stereocenters. The number of carbonyl (C=O) groups excluding carboxylic acids is 1. The third-order valence-electron chi connectivity index (χ3n) is 13.8. The number of ether oxygens (including phenoxy) is 1. The van der Waals surface area contributed by atoms with Crippen LogP contribution in [-0.2, 0) is 23.1 Å². The highest BCUT2D eigenvalue weighted by molar-refractivity contribution is 7.48. The van der Waals surface area contributed by atoms with Crippen molar-refractivity contribution in [1.29, 1.82) is 0 Å². The normalized spacial score (nSPS) is 43.1. The summed E-state index contributed by atoms with van der Waals surface area (Å²) in [4.78, 5) is 35.3. The number of hydrogen-bond acceptors (Lipinski definition) is 13. The van der Waals surface area contributed by atoms with Crippen molar-refractivity contribution in [1.82, 2.24) is 19.5 Å². The molecule has 50 heavy (non-hydrogen) atoms. The largest absolute Gasteiger partial charge is 0.529 e. The molecule has 0 bridgehead atoms. The van der Waals surface area contributed by atoms with Gasteiger partial charge in [0, 0.05) is 6.42 Å². The van der Waals surface area contributed by atoms with Crippen LogP contribution in [0.1, 0.15) is 91.2 Å². The topological polar surface area (TPSA) is 233 Å². The van der Waals surface area contributed by atoms with Crippen molar-refractivity contribution in [3.8, 4) is 0 Å². The predicted molar refractivity (Wildman–Crippen MR) is 179 cm³/mol. The van der Waals surface area contributed by atoms with E-state index in [9.17, 15) is 34.7 Å². The smallest absolute Gasteiger partial charge is 0.393 e. The summed E-state index contributed by atoms with van der Waals surface area (Å²) in [5.74, 6) is 1.23. The van der Waals surface area contributed by atoms with Crippen LogP contribution < -0.4 is 5.73 Å². The number of phosphoric acid groups is 1. The van der Waals surface area contributed by atoms with E-state index in [0.717, 1.165) is 51.4 Å². The van der Waals surface area contributed by atoms with Crippen LogP contribution in [0.25, 0.3) is 11.2 Å². The van der Waals surface area contributed by atoms with Gasteiger partial charge >= 0.3 is 13.8 Å². The summed E-state index contributed by atoms with van der Waals surface area (Å²) in [6.45, 7) is 6.26. The Morgan fingerprint density at radius 2 is 1.80 bits per heavy atom. The highest BCUT2D eigenvalue weighted by Gasteiger charge is 2.63. The van der Waals surface area contributed by atoms with Gasteiger partial charge < -0.3 is 35.4 Å². The number of rotatable bonds is 9. The van der Waals surface area contributed by atoms with Crippen LogP contribution in [0.4, 0.5) is 5.82 Å². The number of nitrogens with zero attached hydrogens (tertiary/aromatic N) is 4. The first-order valence-electron chi connectivity index (χ1n) is 18.1. The van der Waals surface area contributed by atoms with Crippen LogP contribution in [0, 0.1) is 46.3 Å². The number of aliphatic hydroxyl groups excluding tert-OH is 4. The maximum Gasteiger partial charge on any atom is 0.529 e. The Bertz CT molecular complexity index is 1630. The molecule has 1 aliphatic heterocycles. The second-order valence-corrected chi connectivity index (χ2v) is 17.7. The number of anilines is 1. The lowest BCUT2D eigenvalue weighted by atomic mass is 9.43. The van der Waals surface area contributed by atoms with Gasteiger partial charge in [-0.05, 0) is 104 Å². The first-order chi connectivity index (χ1) is 23.6. The number of imidazole rings is 1. The molecule has 3 heterocycles. The lowest BCUT2D eigenvalue weighted by Gasteiger charge is -2.62. The van der Waals surface area contributed by atoms with Gasteiger partial charge in [0.25, 0.3) is 0 Å². The Kier molecular flexibility index (Phi) is 9.63. The van der Waals surface area contributed by atoms with Crippen molar-refractivity contribution < 1.29 is 48.5 Å². The molecule has 0 aromatic carbocycles. The minimum absolute atomic E-state index is 0.0331. The first kappa shape index (κ1) is 36.1. The molecule has 7 N–H and O–H groups in total. The molecule has 16 heteroatoms. The Hall–Kier alpha value is -2.23. The van der Waals surface area contributed by atoms with E-state index >= 15 is 0 Å². The molecule has 5 aliphatic rings. The third kappa shape index (κ3) is 6.19. The molecule has 0 radical (unpaired) electrons. The Balaban J connectivity index is 0.913. The fourth-order valence-electron chi connectivity index (χ4n) is 11.2. The van der Waals surface area contributed by atoms with Crippen molar-refractivity contribution in [3.63, 3.8) is 0 Å². The minimum Gasteiger partial charge on any atom is -0.393 e. The first-order valence-corrected chi connectivity index (χ1v) is 19.6. The highest BCUT2D eigenvalue weighted by Crippen LogP contribution is 2.68. The summed E-state index contributed by atoms with van der Waals surface area (Å²) in [5.41, 5.74) is 6.57. The Labute approximate surface area is 291 Å². The molecule has 0 spiro atoms. The molecule has 15 nitrogen and oxygen atoms in total. The molecule has 2 aromatic heterocycles. The summed E-state index contributed by atoms with van der Waals surface area (Å²) in [6.07, 6.45) is 4.62. The number of hydrogen-bond donors (Lipinski definition) is 6. The fourth-order valence-corrected chi connectivity index (χ4v) is 12.0. The molecular weight excluding hydrogens is 669 g/mol. The molecular formula is C34H52N5O10P. The molecule has 2 aromatic rings. The average molecular weight is 722 g/mol. The van der Waals surface area contributed by atoms with Crippen LogP contribution >= 0.6 is 7.82 Å². The molecule has 1 saturated heterocycles. The maximum absolute atomic E-state index is 12.8. The molecule has 278 valence electrons. The second-order valence-electron chi connectivity index (χ2n) is 16.3. The van der Waals surface area contributed by atoms with E-state index < -0.39 is 44.9 Å². The number of fused-ring (bicyclic) bond motifs is 6. The van der Waals surface area contributed by atoms with E-state index in [1.807, 2.05) is 0 Å². The van der Waals surface area contributed by atoms with Gasteiger partial charge in [0.1, 0.15) is 30.2 Å². The summed E-state index contributed by atoms with van der Waals surface area (Å²) >= 11 is 0. The van der Waals surface area contributed by atoms with Crippen molar-refractivity contribution in [2.75, 3.05) is 12.3 Å². The Morgan fingerprint density at radius 1 is 1.06 bits per heavy atom. The fraction of sp³-hybridized carbons (Fsp3) is 0.824. The molecule has 4 saturated carbocycles. The number of nitrogen functional groups attached to an aromatic ring is 1. The van der Waals surface area contributed by atoms with Crippen LogP contribution in [0.5, 0.6) is 0 Å². The summed E-state index contributed by atoms with van der Waals surface area (Å²) in [6, 6.07) is 0. The number of carbonyl (C=O) groups is 1. The maximum atomic E-state index is 12.8. The van der Waals surface area contributed by atoms with Gasteiger partial charge in [-0.15, -0.1) is 0 Å². The molecule has 1 unspecified atom stereocenters. The van der Waals surface area contributed by atoms with E-state index in [-0.39, 0.29) is 58.3 Å². The SMILES string of the molecule is C[C@H](CCC(=O)OP(=O)(O)OC[C@H]1O[C@@H](n2cnc3c(N)ncnc32)[C@H](O)[C@@H]1O)[C@H]1CC[C@H]2[C@@H]3[C@H](O)C[C@@H]4C[C@H](O)CC[C@]4(C)[C@H]3CC[C@]12C. The van der Waals surface area contributed by atoms with Crippen molar-refractivity contribution in [3.05, 3.63) is 12.7 Å². The van der Waals surface area contributed by atoms with Crippen molar-refractivity contribution in [2.45, 2.75) is 122 Å². The standard InChI is InChI=1S/C34H52N5O10P/c1-17(20-5-6-21-26-22(9-11-34(20,21)3)33(2)10-8-19(40)12-18(33)13-23(26)41)4-7-25(42)49-50(45,46)47-14-24-28(43)29(44)32(48-24)39-16-38-27-30(35)36-15-37-31(27)39/h15-24,26,28-29,32,40-41,43-44H,4-14H2,1-3H3,(H,45,46)(H2,35,36,37)/t17-,18+,19-,20-,21+,22+,23-,24-,26+,28-,29-,32-,33+,34-/m1/s1. The molecule has 5 fully saturated rings. The zero-order valence-corrected chi connectivity index (χ0v) is 29.8. The van der Waals surface area contributed by atoms with E-state index in [1.165, 1.54) is 17.2 Å². The van der Waals surface area contributed by atoms with Gasteiger partial charge in [-0.1, -0.05) is 20.8 Å². The third-order valence-corrected chi connectivity index (χ3v) is 14.7. The summed E-state index contributed by atoms with van der Waals surface area (Å²) in [7, 11) is -4.86. The quantitative estimate of drug-likeness (QED) is 0.204. The van der Waals surface area contributed by atoms with E-state index in [1.54, 1.807) is 0 Å². The van der Waals surface area contributed by atoms with Crippen LogP contribution in [0.15, 0.2) is 12.7 Å². The number of aliphatic hydroxyl groups is 4. The average Bonchev–Trinajstić information content (AvgIpc) is 3.73. The van der Waals surface area contributed by atoms with Gasteiger partial charge in [0.2, 0.25) is 0 Å². The van der Waals surface area contributed by atoms with Crippen LogP contribution in [0.3, 0.4) is 0 Å². The predicted octanol–water partition coefficient (Wildman–Crippen LogP) is 3.09. The van der Waals surface area contributed by atoms with Gasteiger partial charge in [-0.2, -0.15) is 0 Å². The van der Waals surface area contributed by atoms with E-state index in [0.29, 0.717) is 30.1 Å². The highest BCUT2D eigenvalue weighted by atomic mass is 31.2. The molecule has 0 amide bonds. The second kappa shape index (κ2) is 13.3. The van der Waals surface area contributed by atoms with Crippen LogP contribution in [-0.4, -0.2) is 87.9 Å². The monoisotopic (exact) mass is 721 g/mol. The Morgan fingerprint density at radius 3 is 2.58 bits per heavy atom. The van der Waals surface area contributed by atoms with E-state index in [2.05, 4.69) is 35.7 Å². The van der Waals surface area contributed by atoms with Crippen LogP contribution in [0.2, 0.25) is 0 Å². The van der Waals surface area contributed by atoms with Gasteiger partial charge in [0.05, 0.1) is 25.1 Å². The number of nitrogens with two attached hydrogens (primary N) is 1. The van der Waals surface area contributed by atoms with Crippen molar-refractivity contribution in [2.24, 2.45) is 46.3 Å².